The van der Waals surface area contributed by atoms with Crippen molar-refractivity contribution in [3.63, 3.8) is 0 Å². The number of fused-ring (bicyclic) bond motifs is 1. The first-order chi connectivity index (χ1) is 6.22. The molecule has 0 spiro atoms. The van der Waals surface area contributed by atoms with Crippen molar-refractivity contribution in [2.75, 3.05) is 0 Å². The van der Waals surface area contributed by atoms with Gasteiger partial charge in [-0.2, -0.15) is 0 Å². The fourth-order valence-electron chi connectivity index (χ4n) is 1.07. The molecule has 2 aromatic heterocycles. The van der Waals surface area contributed by atoms with Gasteiger partial charge in [0.25, 0.3) is 0 Å². The summed E-state index contributed by atoms with van der Waals surface area (Å²) < 4.78 is 1.35. The zero-order valence-electron chi connectivity index (χ0n) is 6.44. The van der Waals surface area contributed by atoms with E-state index in [1.165, 1.54) is 17.7 Å². The molecule has 13 heavy (non-hydrogen) atoms. The van der Waals surface area contributed by atoms with Crippen LogP contribution in [0.5, 0.6) is 0 Å². The molecule has 61 valence electrons. The molecule has 0 aliphatic heterocycles. The topological polar surface area (TPSA) is 83.5 Å². The molecule has 6 nitrogen and oxygen atoms in total. The maximum atomic E-state index is 11.1. The Morgan fingerprint density at radius 1 is 1.46 bits per heavy atom. The van der Waals surface area contributed by atoms with E-state index >= 15 is 0 Å². The van der Waals surface area contributed by atoms with E-state index in [2.05, 4.69) is 15.0 Å². The van der Waals surface area contributed by atoms with E-state index in [0.29, 0.717) is 0 Å². The van der Waals surface area contributed by atoms with Gasteiger partial charge in [0.1, 0.15) is 0 Å². The summed E-state index contributed by atoms with van der Waals surface area (Å²) in [7, 11) is 5.22. The van der Waals surface area contributed by atoms with Crippen LogP contribution in [0.3, 0.4) is 0 Å². The van der Waals surface area contributed by atoms with E-state index in [1.54, 1.807) is 0 Å². The number of H-pyrrole nitrogens is 2. The van der Waals surface area contributed by atoms with Crippen molar-refractivity contribution in [2.45, 2.75) is 0 Å². The van der Waals surface area contributed by atoms with E-state index < -0.39 is 11.2 Å². The molecular weight excluding hydrogens is 170 g/mol. The van der Waals surface area contributed by atoms with Gasteiger partial charge in [-0.05, 0) is 0 Å². The Morgan fingerprint density at radius 3 is 2.92 bits per heavy atom. The number of hydrogen-bond acceptors (Lipinski definition) is 3. The van der Waals surface area contributed by atoms with E-state index in [9.17, 15) is 9.59 Å². The van der Waals surface area contributed by atoms with Gasteiger partial charge < -0.3 is 0 Å². The molecule has 0 aliphatic carbocycles. The molecule has 0 fully saturated rings. The van der Waals surface area contributed by atoms with Crippen molar-refractivity contribution < 1.29 is 0 Å². The molecule has 0 saturated carbocycles. The summed E-state index contributed by atoms with van der Waals surface area (Å²) in [5.74, 6) is 0. The van der Waals surface area contributed by atoms with Crippen molar-refractivity contribution in [1.29, 1.82) is 0 Å². The van der Waals surface area contributed by atoms with Gasteiger partial charge in [0.2, 0.25) is 0 Å². The quantitative estimate of drug-likeness (QED) is 0.487. The van der Waals surface area contributed by atoms with Crippen molar-refractivity contribution >= 4 is 25.5 Å². The van der Waals surface area contributed by atoms with Crippen LogP contribution in [0.15, 0.2) is 15.9 Å². The number of aromatic amines is 2. The molecule has 1 radical (unpaired) electrons. The van der Waals surface area contributed by atoms with Crippen LogP contribution in [-0.2, 0) is 0 Å². The third-order valence-electron chi connectivity index (χ3n) is 1.63. The van der Waals surface area contributed by atoms with Gasteiger partial charge >= 0.3 is 72.1 Å². The summed E-state index contributed by atoms with van der Waals surface area (Å²) in [5.41, 5.74) is -0.669. The number of nitrogens with one attached hydrogen (secondary N) is 2. The van der Waals surface area contributed by atoms with Gasteiger partial charge in [0, 0.05) is 0 Å². The summed E-state index contributed by atoms with van der Waals surface area (Å²) in [5, 5.41) is 0. The molecule has 0 amide bonds. The SMILES string of the molecule is [B]=Bn1cnc2c(=O)[nH]c(=O)[nH]c21. The average molecular weight is 173 g/mol. The molecule has 2 N–H and O–H groups in total. The van der Waals surface area contributed by atoms with Crippen molar-refractivity contribution in [3.8, 4) is 0 Å². The summed E-state index contributed by atoms with van der Waals surface area (Å²) in [4.78, 5) is 30.2. The summed E-state index contributed by atoms with van der Waals surface area (Å²) in [6, 6.07) is 0. The Morgan fingerprint density at radius 2 is 2.23 bits per heavy atom. The van der Waals surface area contributed by atoms with E-state index in [1.807, 2.05) is 0 Å². The van der Waals surface area contributed by atoms with Crippen LogP contribution < -0.4 is 11.2 Å². The first-order valence-corrected chi connectivity index (χ1v) is 3.46. The van der Waals surface area contributed by atoms with Gasteiger partial charge in [-0.25, -0.2) is 0 Å². The maximum absolute atomic E-state index is 11.1. The molecule has 8 heteroatoms. The van der Waals surface area contributed by atoms with Crippen LogP contribution in [0, 0.1) is 0 Å². The molecule has 2 aromatic rings. The van der Waals surface area contributed by atoms with Crippen molar-refractivity contribution in [2.24, 2.45) is 0 Å². The molecule has 0 saturated heterocycles. The monoisotopic (exact) mass is 173 g/mol. The Kier molecular flexibility index (Phi) is 1.61. The minimum absolute atomic E-state index is 0.154. The Labute approximate surface area is 72.9 Å². The number of imidazole rings is 1. The number of aromatic nitrogens is 4. The molecular formula is C5H3B2N4O2. The summed E-state index contributed by atoms with van der Waals surface area (Å²) in [6.45, 7) is 1.20. The molecule has 0 unspecified atom stereocenters. The Balaban J connectivity index is 3.06. The van der Waals surface area contributed by atoms with Gasteiger partial charge in [-0.3, -0.25) is 0 Å². The van der Waals surface area contributed by atoms with E-state index in [-0.39, 0.29) is 11.2 Å². The minimum atomic E-state index is -0.582. The Hall–Kier alpha value is -1.72. The fourth-order valence-corrected chi connectivity index (χ4v) is 1.07. The second-order valence-corrected chi connectivity index (χ2v) is 2.41. The normalized spacial score (nSPS) is 10.1. The molecule has 0 aliphatic rings. The Bertz CT molecular complexity index is 580. The molecule has 0 bridgehead atoms. The molecule has 2 rings (SSSR count). The van der Waals surface area contributed by atoms with Crippen molar-refractivity contribution in [3.05, 3.63) is 27.2 Å². The zero-order chi connectivity index (χ0) is 9.42. The third-order valence-corrected chi connectivity index (χ3v) is 1.63. The first-order valence-electron chi connectivity index (χ1n) is 3.46. The predicted octanol–water partition coefficient (Wildman–Crippen LogP) is -2.04. The van der Waals surface area contributed by atoms with Gasteiger partial charge in [-0.1, -0.05) is 0 Å². The average Bonchev–Trinajstić information content (AvgIpc) is 2.47. The molecule has 0 aromatic carbocycles. The predicted molar refractivity (Wildman–Crippen MR) is 47.9 cm³/mol. The summed E-state index contributed by atoms with van der Waals surface area (Å²) in [6.07, 6.45) is 1.34. The number of nitrogens with zero attached hydrogens (tertiary/aromatic N) is 2. The van der Waals surface area contributed by atoms with E-state index in [4.69, 9.17) is 7.37 Å². The van der Waals surface area contributed by atoms with Crippen LogP contribution in [0.1, 0.15) is 0 Å². The second-order valence-electron chi connectivity index (χ2n) is 2.41. The van der Waals surface area contributed by atoms with Crippen LogP contribution in [0.2, 0.25) is 0 Å². The van der Waals surface area contributed by atoms with Crippen LogP contribution in [0.25, 0.3) is 11.2 Å². The van der Waals surface area contributed by atoms with Crippen LogP contribution >= 0.6 is 0 Å². The summed E-state index contributed by atoms with van der Waals surface area (Å²) >= 11 is 0. The van der Waals surface area contributed by atoms with Gasteiger partial charge in [-0.15, -0.1) is 0 Å². The third kappa shape index (κ3) is 1.10. The van der Waals surface area contributed by atoms with Crippen LogP contribution in [-0.4, -0.2) is 33.7 Å². The standard InChI is InChI=1S/C5H3B2N4O2/c6-7-11-1-8-2-3(11)9-5(13)10-4(2)12/h1H,(H2,9,10,12,13). The van der Waals surface area contributed by atoms with Gasteiger partial charge in [0.05, 0.1) is 0 Å². The number of hydrogen-bond donors (Lipinski definition) is 2. The second kappa shape index (κ2) is 2.65. The first kappa shape index (κ1) is 7.90. The molecule has 2 heterocycles. The van der Waals surface area contributed by atoms with E-state index in [0.717, 1.165) is 0 Å². The van der Waals surface area contributed by atoms with Crippen LogP contribution in [0.4, 0.5) is 0 Å². The van der Waals surface area contributed by atoms with Crippen molar-refractivity contribution in [1.82, 2.24) is 19.4 Å². The number of rotatable bonds is 1. The fraction of sp³-hybridized carbons (Fsp3) is 0. The zero-order valence-corrected chi connectivity index (χ0v) is 6.44. The van der Waals surface area contributed by atoms with Gasteiger partial charge in [0.15, 0.2) is 0 Å². The molecule has 0 atom stereocenters.